The van der Waals surface area contributed by atoms with Gasteiger partial charge >= 0.3 is 0 Å². The minimum Gasteiger partial charge on any atom is -0.324 e. The molecule has 19 heavy (non-hydrogen) atoms. The molecule has 4 nitrogen and oxygen atoms in total. The zero-order valence-corrected chi connectivity index (χ0v) is 10.7. The monoisotopic (exact) mass is 255 g/mol. The fourth-order valence-corrected chi connectivity index (χ4v) is 2.65. The lowest BCUT2D eigenvalue weighted by Gasteiger charge is -2.22. The fourth-order valence-electron chi connectivity index (χ4n) is 2.65. The van der Waals surface area contributed by atoms with Crippen molar-refractivity contribution in [2.75, 3.05) is 5.32 Å². The number of carbonyl (C=O) groups excluding carboxylic acids is 1. The number of rotatable bonds is 2. The summed E-state index contributed by atoms with van der Waals surface area (Å²) in [6.45, 7) is 0. The summed E-state index contributed by atoms with van der Waals surface area (Å²) in [5.74, 6) is -0.0709. The first kappa shape index (κ1) is 12.1. The van der Waals surface area contributed by atoms with E-state index >= 15 is 0 Å². The molecule has 0 saturated heterocycles. The van der Waals surface area contributed by atoms with Gasteiger partial charge in [-0.05, 0) is 36.4 Å². The van der Waals surface area contributed by atoms with Crippen LogP contribution in [-0.2, 0) is 4.79 Å². The van der Waals surface area contributed by atoms with Crippen LogP contribution in [0, 0.1) is 0 Å². The minimum atomic E-state index is -0.687. The summed E-state index contributed by atoms with van der Waals surface area (Å²) >= 11 is 0. The number of fused-ring (bicyclic) bond motifs is 1. The van der Waals surface area contributed by atoms with E-state index in [1.165, 1.54) is 0 Å². The normalized spacial score (nSPS) is 17.5. The standard InChI is InChI=1S/C15H17N3O/c16-15(6-1-2-7-15)14(19)18-13-4-3-12-10-17-8-5-11(12)9-13/h3-5,8-10H,1-2,6-7,16H2,(H,18,19). The minimum absolute atomic E-state index is 0.0709. The Morgan fingerprint density at radius 2 is 2.00 bits per heavy atom. The van der Waals surface area contributed by atoms with E-state index in [4.69, 9.17) is 5.73 Å². The quantitative estimate of drug-likeness (QED) is 0.866. The van der Waals surface area contributed by atoms with Gasteiger partial charge in [-0.3, -0.25) is 9.78 Å². The Balaban J connectivity index is 1.83. The largest absolute Gasteiger partial charge is 0.324 e. The molecule has 0 bridgehead atoms. The number of carbonyl (C=O) groups is 1. The summed E-state index contributed by atoms with van der Waals surface area (Å²) < 4.78 is 0. The van der Waals surface area contributed by atoms with E-state index in [-0.39, 0.29) is 5.91 Å². The molecule has 2 aromatic rings. The summed E-state index contributed by atoms with van der Waals surface area (Å²) in [7, 11) is 0. The fraction of sp³-hybridized carbons (Fsp3) is 0.333. The molecule has 1 amide bonds. The van der Waals surface area contributed by atoms with Crippen LogP contribution in [0.3, 0.4) is 0 Å². The molecule has 1 aliphatic carbocycles. The number of nitrogens with two attached hydrogens (primary N) is 1. The number of amides is 1. The second-order valence-corrected chi connectivity index (χ2v) is 5.25. The number of nitrogens with zero attached hydrogens (tertiary/aromatic N) is 1. The Bertz CT molecular complexity index is 618. The maximum atomic E-state index is 12.2. The highest BCUT2D eigenvalue weighted by Gasteiger charge is 2.36. The van der Waals surface area contributed by atoms with Crippen molar-refractivity contribution in [3.05, 3.63) is 36.7 Å². The number of aromatic nitrogens is 1. The molecule has 1 fully saturated rings. The van der Waals surface area contributed by atoms with Crippen molar-refractivity contribution in [1.82, 2.24) is 4.98 Å². The van der Waals surface area contributed by atoms with Gasteiger partial charge in [-0.1, -0.05) is 18.9 Å². The van der Waals surface area contributed by atoms with Crippen molar-refractivity contribution < 1.29 is 4.79 Å². The second kappa shape index (κ2) is 4.63. The second-order valence-electron chi connectivity index (χ2n) is 5.25. The van der Waals surface area contributed by atoms with E-state index in [2.05, 4.69) is 10.3 Å². The van der Waals surface area contributed by atoms with Crippen LogP contribution in [0.1, 0.15) is 25.7 Å². The zero-order chi connectivity index (χ0) is 13.3. The van der Waals surface area contributed by atoms with E-state index in [0.717, 1.165) is 42.1 Å². The molecular formula is C15H17N3O. The summed E-state index contributed by atoms with van der Waals surface area (Å²) in [6.07, 6.45) is 7.17. The molecule has 3 N–H and O–H groups in total. The summed E-state index contributed by atoms with van der Waals surface area (Å²) in [5, 5.41) is 5.05. The third kappa shape index (κ3) is 2.31. The maximum absolute atomic E-state index is 12.2. The molecular weight excluding hydrogens is 238 g/mol. The summed E-state index contributed by atoms with van der Waals surface area (Å²) in [5.41, 5.74) is 6.25. The Kier molecular flexibility index (Phi) is 2.95. The lowest BCUT2D eigenvalue weighted by molar-refractivity contribution is -0.121. The molecule has 3 rings (SSSR count). The van der Waals surface area contributed by atoms with Crippen LogP contribution in [0.15, 0.2) is 36.7 Å². The molecule has 1 aliphatic rings. The van der Waals surface area contributed by atoms with E-state index in [9.17, 15) is 4.79 Å². The molecule has 0 unspecified atom stereocenters. The van der Waals surface area contributed by atoms with Crippen LogP contribution in [0.4, 0.5) is 5.69 Å². The van der Waals surface area contributed by atoms with Gasteiger partial charge in [0.1, 0.15) is 0 Å². The zero-order valence-electron chi connectivity index (χ0n) is 10.7. The van der Waals surface area contributed by atoms with E-state index in [0.29, 0.717) is 0 Å². The SMILES string of the molecule is NC1(C(=O)Nc2ccc3cnccc3c2)CCCC1. The highest BCUT2D eigenvalue weighted by molar-refractivity contribution is 5.99. The topological polar surface area (TPSA) is 68.0 Å². The first-order valence-corrected chi connectivity index (χ1v) is 6.62. The van der Waals surface area contributed by atoms with Crippen LogP contribution in [-0.4, -0.2) is 16.4 Å². The first-order chi connectivity index (χ1) is 9.17. The van der Waals surface area contributed by atoms with Gasteiger partial charge in [0.15, 0.2) is 0 Å². The summed E-state index contributed by atoms with van der Waals surface area (Å²) in [6, 6.07) is 7.72. The lowest BCUT2D eigenvalue weighted by Crippen LogP contribution is -2.48. The Morgan fingerprint density at radius 3 is 2.79 bits per heavy atom. The van der Waals surface area contributed by atoms with Crippen molar-refractivity contribution in [2.45, 2.75) is 31.2 Å². The number of anilines is 1. The molecule has 1 saturated carbocycles. The van der Waals surface area contributed by atoms with E-state index < -0.39 is 5.54 Å². The first-order valence-electron chi connectivity index (χ1n) is 6.62. The lowest BCUT2D eigenvalue weighted by atomic mass is 9.98. The number of nitrogens with one attached hydrogen (secondary N) is 1. The third-order valence-electron chi connectivity index (χ3n) is 3.85. The van der Waals surface area contributed by atoms with Crippen molar-refractivity contribution in [3.63, 3.8) is 0 Å². The van der Waals surface area contributed by atoms with Gasteiger partial charge in [0.05, 0.1) is 5.54 Å². The average molecular weight is 255 g/mol. The smallest absolute Gasteiger partial charge is 0.244 e. The molecule has 0 radical (unpaired) electrons. The van der Waals surface area contributed by atoms with Crippen molar-refractivity contribution in [1.29, 1.82) is 0 Å². The Labute approximate surface area is 112 Å². The third-order valence-corrected chi connectivity index (χ3v) is 3.85. The highest BCUT2D eigenvalue weighted by Crippen LogP contribution is 2.28. The Morgan fingerprint density at radius 1 is 1.21 bits per heavy atom. The van der Waals surface area contributed by atoms with Crippen LogP contribution in [0.2, 0.25) is 0 Å². The summed E-state index contributed by atoms with van der Waals surface area (Å²) in [4.78, 5) is 16.3. The van der Waals surface area contributed by atoms with Gasteiger partial charge < -0.3 is 11.1 Å². The molecule has 1 aromatic carbocycles. The van der Waals surface area contributed by atoms with E-state index in [1.54, 1.807) is 6.20 Å². The van der Waals surface area contributed by atoms with Crippen LogP contribution < -0.4 is 11.1 Å². The Hall–Kier alpha value is -1.94. The predicted molar refractivity (Wildman–Crippen MR) is 75.8 cm³/mol. The molecule has 0 aliphatic heterocycles. The van der Waals surface area contributed by atoms with Crippen LogP contribution in [0.25, 0.3) is 10.8 Å². The molecule has 1 heterocycles. The van der Waals surface area contributed by atoms with E-state index in [1.807, 2.05) is 30.5 Å². The molecule has 1 aromatic heterocycles. The van der Waals surface area contributed by atoms with Crippen LogP contribution >= 0.6 is 0 Å². The molecule has 98 valence electrons. The highest BCUT2D eigenvalue weighted by atomic mass is 16.2. The maximum Gasteiger partial charge on any atom is 0.244 e. The average Bonchev–Trinajstić information content (AvgIpc) is 2.87. The van der Waals surface area contributed by atoms with Gasteiger partial charge in [0.2, 0.25) is 5.91 Å². The molecule has 0 atom stereocenters. The van der Waals surface area contributed by atoms with Crippen molar-refractivity contribution in [2.24, 2.45) is 5.73 Å². The number of benzene rings is 1. The number of pyridine rings is 1. The predicted octanol–water partition coefficient (Wildman–Crippen LogP) is 2.44. The van der Waals surface area contributed by atoms with Gasteiger partial charge in [0.25, 0.3) is 0 Å². The molecule has 0 spiro atoms. The van der Waals surface area contributed by atoms with Crippen molar-refractivity contribution >= 4 is 22.4 Å². The van der Waals surface area contributed by atoms with Gasteiger partial charge in [-0.25, -0.2) is 0 Å². The number of hydrogen-bond acceptors (Lipinski definition) is 3. The van der Waals surface area contributed by atoms with Gasteiger partial charge in [0, 0.05) is 23.5 Å². The molecule has 4 heteroatoms. The van der Waals surface area contributed by atoms with Gasteiger partial charge in [-0.15, -0.1) is 0 Å². The number of hydrogen-bond donors (Lipinski definition) is 2. The van der Waals surface area contributed by atoms with Crippen molar-refractivity contribution in [3.8, 4) is 0 Å². The van der Waals surface area contributed by atoms with Crippen LogP contribution in [0.5, 0.6) is 0 Å². The van der Waals surface area contributed by atoms with Gasteiger partial charge in [-0.2, -0.15) is 0 Å².